The second-order valence-corrected chi connectivity index (χ2v) is 21.6. The van der Waals surface area contributed by atoms with Gasteiger partial charge in [0, 0.05) is 19.3 Å². The van der Waals surface area contributed by atoms with Crippen LogP contribution in [0.25, 0.3) is 0 Å². The number of esters is 3. The summed E-state index contributed by atoms with van der Waals surface area (Å²) >= 11 is 0. The minimum atomic E-state index is -0.793. The smallest absolute Gasteiger partial charge is 0.306 e. The minimum absolute atomic E-state index is 0.0874. The maximum atomic E-state index is 12.9. The Balaban J connectivity index is 4.35. The summed E-state index contributed by atoms with van der Waals surface area (Å²) in [5.74, 6) is -0.907. The van der Waals surface area contributed by atoms with E-state index >= 15 is 0 Å². The van der Waals surface area contributed by atoms with Crippen LogP contribution in [0.5, 0.6) is 0 Å². The van der Waals surface area contributed by atoms with Crippen LogP contribution >= 0.6 is 0 Å². The zero-order valence-corrected chi connectivity index (χ0v) is 52.0. The van der Waals surface area contributed by atoms with Gasteiger partial charge in [-0.2, -0.15) is 0 Å². The molecule has 0 heterocycles. The summed E-state index contributed by atoms with van der Waals surface area (Å²) in [5.41, 5.74) is 0. The van der Waals surface area contributed by atoms with E-state index in [1.165, 1.54) is 109 Å². The Bertz CT molecular complexity index is 1700. The molecule has 6 heteroatoms. The Morgan fingerprint density at radius 2 is 0.487 bits per heavy atom. The first kappa shape index (κ1) is 75.5. The van der Waals surface area contributed by atoms with Gasteiger partial charge in [0.25, 0.3) is 0 Å². The summed E-state index contributed by atoms with van der Waals surface area (Å²) in [7, 11) is 0. The molecule has 0 bridgehead atoms. The number of rotatable bonds is 59. The molecule has 0 aromatic heterocycles. The average molecular weight is 1110 g/mol. The Hall–Kier alpha value is -4.45. The largest absolute Gasteiger partial charge is 0.462 e. The highest BCUT2D eigenvalue weighted by Crippen LogP contribution is 2.16. The third-order valence-corrected chi connectivity index (χ3v) is 13.9. The fraction of sp³-hybridized carbons (Fsp3) is 0.662. The number of hydrogen-bond donors (Lipinski definition) is 0. The normalized spacial score (nSPS) is 13.0. The van der Waals surface area contributed by atoms with Gasteiger partial charge in [-0.3, -0.25) is 14.4 Å². The fourth-order valence-electron chi connectivity index (χ4n) is 9.00. The number of ether oxygens (including phenoxy) is 3. The number of carbonyl (C=O) groups is 3. The van der Waals surface area contributed by atoms with Gasteiger partial charge in [-0.25, -0.2) is 0 Å². The van der Waals surface area contributed by atoms with Gasteiger partial charge in [-0.05, 0) is 116 Å². The summed E-state index contributed by atoms with van der Waals surface area (Å²) in [6.07, 6.45) is 94.6. The van der Waals surface area contributed by atoms with Crippen molar-refractivity contribution < 1.29 is 28.6 Å². The third-order valence-electron chi connectivity index (χ3n) is 13.9. The van der Waals surface area contributed by atoms with Crippen molar-refractivity contribution in [3.63, 3.8) is 0 Å². The van der Waals surface area contributed by atoms with E-state index < -0.39 is 6.10 Å². The lowest BCUT2D eigenvalue weighted by atomic mass is 10.0. The number of allylic oxidation sites excluding steroid dienone is 22. The summed E-state index contributed by atoms with van der Waals surface area (Å²) in [6.45, 7) is 6.41. The van der Waals surface area contributed by atoms with Crippen LogP contribution < -0.4 is 0 Å². The molecule has 0 N–H and O–H groups in total. The SMILES string of the molecule is CC/C=C\C/C=C\C/C=C\C/C=C\C/C=C\C/C=C\C/C=C\C/C=C\CCCCCCCCC(=O)OCC(COC(=O)CCCCCCCCCCCCCCCC)OC(=O)CCCCCCCCC/C=C\C/C=C\C/C=C\CC. The first-order chi connectivity index (χ1) is 39.5. The lowest BCUT2D eigenvalue weighted by molar-refractivity contribution is -0.167. The molecule has 6 nitrogen and oxygen atoms in total. The molecule has 0 aromatic rings. The van der Waals surface area contributed by atoms with Gasteiger partial charge in [-0.15, -0.1) is 0 Å². The Morgan fingerprint density at radius 1 is 0.263 bits per heavy atom. The highest BCUT2D eigenvalue weighted by molar-refractivity contribution is 5.71. The summed E-state index contributed by atoms with van der Waals surface area (Å²) in [6, 6.07) is 0. The molecule has 0 aliphatic rings. The van der Waals surface area contributed by atoms with E-state index in [4.69, 9.17) is 14.2 Å². The molecule has 0 saturated heterocycles. The molecule has 0 aliphatic carbocycles. The van der Waals surface area contributed by atoms with Gasteiger partial charge in [0.1, 0.15) is 13.2 Å². The predicted molar refractivity (Wildman–Crippen MR) is 348 cm³/mol. The average Bonchev–Trinajstić information content (AvgIpc) is 3.46. The second-order valence-electron chi connectivity index (χ2n) is 21.6. The van der Waals surface area contributed by atoms with Crippen molar-refractivity contribution in [2.24, 2.45) is 0 Å². The maximum Gasteiger partial charge on any atom is 0.306 e. The summed E-state index contributed by atoms with van der Waals surface area (Å²) in [4.78, 5) is 38.3. The number of carbonyl (C=O) groups excluding carboxylic acids is 3. The molecule has 80 heavy (non-hydrogen) atoms. The monoisotopic (exact) mass is 1110 g/mol. The quantitative estimate of drug-likeness (QED) is 0.0261. The highest BCUT2D eigenvalue weighted by Gasteiger charge is 2.19. The van der Waals surface area contributed by atoms with Crippen LogP contribution in [0.15, 0.2) is 134 Å². The van der Waals surface area contributed by atoms with Crippen molar-refractivity contribution >= 4 is 17.9 Å². The Morgan fingerprint density at radius 3 is 0.762 bits per heavy atom. The van der Waals surface area contributed by atoms with Crippen molar-refractivity contribution in [1.82, 2.24) is 0 Å². The Labute approximate surface area is 494 Å². The zero-order valence-electron chi connectivity index (χ0n) is 52.0. The van der Waals surface area contributed by atoms with E-state index in [2.05, 4.69) is 154 Å². The molecule has 0 saturated carbocycles. The van der Waals surface area contributed by atoms with Gasteiger partial charge in [0.05, 0.1) is 0 Å². The standard InChI is InChI=1S/C74H122O6/c1-4-7-10-13-16-19-22-25-28-30-31-32-33-34-35-36-37-38-39-40-41-42-43-45-46-49-52-55-58-61-64-67-73(76)79-70-71(69-78-72(75)66-63-60-57-54-51-48-27-24-21-18-15-12-9-6-3)80-74(77)68-65-62-59-56-53-50-47-44-29-26-23-20-17-14-11-8-5-2/h7-8,10-11,16-17,19-20,25-26,28-29,31-32,34-35,37-38,40-41,43,45,71H,4-6,9,12-15,18,21-24,27,30,33,36,39,42,44,46-70H2,1-3H3/b10-7-,11-8-,19-16-,20-17-,28-25-,29-26-,32-31-,35-34-,38-37-,41-40-,45-43-. The van der Waals surface area contributed by atoms with Gasteiger partial charge in [-0.1, -0.05) is 296 Å². The molecule has 0 aliphatic heterocycles. The zero-order chi connectivity index (χ0) is 57.8. The van der Waals surface area contributed by atoms with Crippen LogP contribution in [0.1, 0.15) is 297 Å². The van der Waals surface area contributed by atoms with Crippen LogP contribution in [-0.2, 0) is 28.6 Å². The summed E-state index contributed by atoms with van der Waals surface area (Å²) in [5, 5.41) is 0. The lowest BCUT2D eigenvalue weighted by Gasteiger charge is -2.18. The van der Waals surface area contributed by atoms with Gasteiger partial charge in [0.2, 0.25) is 0 Å². The molecule has 1 unspecified atom stereocenters. The predicted octanol–water partition coefficient (Wildman–Crippen LogP) is 22.9. The van der Waals surface area contributed by atoms with E-state index in [1.54, 1.807) is 0 Å². The minimum Gasteiger partial charge on any atom is -0.462 e. The van der Waals surface area contributed by atoms with Crippen LogP contribution in [-0.4, -0.2) is 37.2 Å². The molecule has 1 atom stereocenters. The van der Waals surface area contributed by atoms with E-state index in [0.29, 0.717) is 19.3 Å². The van der Waals surface area contributed by atoms with Gasteiger partial charge >= 0.3 is 17.9 Å². The first-order valence-electron chi connectivity index (χ1n) is 33.2. The number of unbranched alkanes of at least 4 members (excludes halogenated alkanes) is 26. The Kier molecular flexibility index (Phi) is 63.3. The van der Waals surface area contributed by atoms with E-state index in [9.17, 15) is 14.4 Å². The van der Waals surface area contributed by atoms with Gasteiger partial charge in [0.15, 0.2) is 6.10 Å². The van der Waals surface area contributed by atoms with Crippen molar-refractivity contribution in [2.45, 2.75) is 303 Å². The van der Waals surface area contributed by atoms with E-state index in [1.807, 2.05) is 0 Å². The first-order valence-corrected chi connectivity index (χ1v) is 33.2. The maximum absolute atomic E-state index is 12.9. The van der Waals surface area contributed by atoms with Crippen molar-refractivity contribution in [3.05, 3.63) is 134 Å². The topological polar surface area (TPSA) is 78.9 Å². The number of hydrogen-bond acceptors (Lipinski definition) is 6. The third kappa shape index (κ3) is 64.4. The molecular formula is C74H122O6. The van der Waals surface area contributed by atoms with Gasteiger partial charge < -0.3 is 14.2 Å². The second kappa shape index (κ2) is 67.1. The molecule has 0 aromatic carbocycles. The molecule has 0 rings (SSSR count). The molecule has 0 radical (unpaired) electrons. The van der Waals surface area contributed by atoms with E-state index in [-0.39, 0.29) is 31.1 Å². The molecule has 0 spiro atoms. The van der Waals surface area contributed by atoms with Crippen molar-refractivity contribution in [1.29, 1.82) is 0 Å². The van der Waals surface area contributed by atoms with E-state index in [0.717, 1.165) is 148 Å². The molecule has 0 amide bonds. The molecule has 454 valence electrons. The molecular weight excluding hydrogens is 985 g/mol. The molecule has 0 fully saturated rings. The summed E-state index contributed by atoms with van der Waals surface area (Å²) < 4.78 is 16.9. The fourth-order valence-corrected chi connectivity index (χ4v) is 9.00. The highest BCUT2D eigenvalue weighted by atomic mass is 16.6. The van der Waals surface area contributed by atoms with Crippen LogP contribution in [0.2, 0.25) is 0 Å². The van der Waals surface area contributed by atoms with Crippen molar-refractivity contribution in [2.75, 3.05) is 13.2 Å². The van der Waals surface area contributed by atoms with Crippen LogP contribution in [0.3, 0.4) is 0 Å². The van der Waals surface area contributed by atoms with Crippen LogP contribution in [0, 0.1) is 0 Å². The van der Waals surface area contributed by atoms with Crippen LogP contribution in [0.4, 0.5) is 0 Å². The lowest BCUT2D eigenvalue weighted by Crippen LogP contribution is -2.30. The van der Waals surface area contributed by atoms with Crippen molar-refractivity contribution in [3.8, 4) is 0 Å².